The van der Waals surface area contributed by atoms with Crippen LogP contribution in [0.15, 0.2) is 42.5 Å². The topological polar surface area (TPSA) is 0 Å². The Hall–Kier alpha value is -0.456. The van der Waals surface area contributed by atoms with E-state index in [2.05, 4.69) is 18.2 Å². The Labute approximate surface area is 110 Å². The van der Waals surface area contributed by atoms with Crippen LogP contribution >= 0.6 is 0 Å². The van der Waals surface area contributed by atoms with Crippen molar-refractivity contribution in [3.05, 3.63) is 60.2 Å². The minimum absolute atomic E-state index is 0. The van der Waals surface area contributed by atoms with Crippen LogP contribution in [0.3, 0.4) is 0 Å². The molecule has 1 heteroatoms. The SMILES string of the molecule is Cc1[c-]c(-c2[c-]cccc2)ccc1.[Y]. The Morgan fingerprint density at radius 1 is 0.929 bits per heavy atom. The van der Waals surface area contributed by atoms with Crippen LogP contribution in [0.4, 0.5) is 0 Å². The number of aryl methyl sites for hydroxylation is 1. The maximum atomic E-state index is 3.29. The molecule has 2 aromatic carbocycles. The van der Waals surface area contributed by atoms with Gasteiger partial charge in [-0.1, -0.05) is 6.92 Å². The van der Waals surface area contributed by atoms with E-state index in [9.17, 15) is 0 Å². The summed E-state index contributed by atoms with van der Waals surface area (Å²) in [5, 5.41) is 0. The largest absolute Gasteiger partial charge is 0.226 e. The summed E-state index contributed by atoms with van der Waals surface area (Å²) < 4.78 is 0. The third-order valence-electron chi connectivity index (χ3n) is 1.94. The summed E-state index contributed by atoms with van der Waals surface area (Å²) in [4.78, 5) is 0. The van der Waals surface area contributed by atoms with E-state index < -0.39 is 0 Å². The first-order chi connectivity index (χ1) is 6.36. The number of benzene rings is 2. The summed E-state index contributed by atoms with van der Waals surface area (Å²) in [7, 11) is 0. The molecular formula is C13H10Y-2. The average Bonchev–Trinajstić information content (AvgIpc) is 2.19. The third-order valence-corrected chi connectivity index (χ3v) is 1.94. The van der Waals surface area contributed by atoms with Crippen molar-refractivity contribution in [2.45, 2.75) is 6.92 Å². The molecule has 0 saturated carbocycles. The van der Waals surface area contributed by atoms with Gasteiger partial charge < -0.3 is 0 Å². The molecule has 0 heterocycles. The van der Waals surface area contributed by atoms with E-state index >= 15 is 0 Å². The second-order valence-corrected chi connectivity index (χ2v) is 3.02. The predicted octanol–water partition coefficient (Wildman–Crippen LogP) is 3.26. The fraction of sp³-hybridized carbons (Fsp3) is 0.0769. The first-order valence-electron chi connectivity index (χ1n) is 4.32. The standard InChI is InChI=1S/C13H10.Y/c1-11-6-5-9-13(10-11)12-7-3-2-4-8-12;/h2-7,9H,1H3;/q-2;. The molecule has 0 bridgehead atoms. The Kier molecular flexibility index (Phi) is 4.51. The van der Waals surface area contributed by atoms with Gasteiger partial charge in [0.15, 0.2) is 0 Å². The van der Waals surface area contributed by atoms with Gasteiger partial charge in [0.2, 0.25) is 0 Å². The third kappa shape index (κ3) is 2.77. The molecule has 2 aromatic rings. The van der Waals surface area contributed by atoms with Gasteiger partial charge in [-0.25, -0.2) is 11.1 Å². The minimum Gasteiger partial charge on any atom is -0.226 e. The molecule has 0 aromatic heterocycles. The van der Waals surface area contributed by atoms with Crippen LogP contribution in [-0.2, 0) is 32.7 Å². The van der Waals surface area contributed by atoms with E-state index in [1.807, 2.05) is 43.3 Å². The summed E-state index contributed by atoms with van der Waals surface area (Å²) in [5.74, 6) is 0. The second-order valence-electron chi connectivity index (χ2n) is 3.02. The summed E-state index contributed by atoms with van der Waals surface area (Å²) in [5.41, 5.74) is 3.38. The minimum atomic E-state index is 0. The molecule has 0 aliphatic carbocycles. The number of rotatable bonds is 1. The van der Waals surface area contributed by atoms with Crippen molar-refractivity contribution in [3.8, 4) is 11.1 Å². The van der Waals surface area contributed by atoms with Crippen molar-refractivity contribution < 1.29 is 32.7 Å². The Bertz CT molecular complexity index is 393. The molecule has 0 spiro atoms. The van der Waals surface area contributed by atoms with Gasteiger partial charge in [0, 0.05) is 32.7 Å². The summed E-state index contributed by atoms with van der Waals surface area (Å²) in [6, 6.07) is 20.6. The summed E-state index contributed by atoms with van der Waals surface area (Å²) in [6.45, 7) is 2.05. The van der Waals surface area contributed by atoms with Crippen molar-refractivity contribution in [1.29, 1.82) is 0 Å². The van der Waals surface area contributed by atoms with Gasteiger partial charge in [-0.2, -0.15) is 42.5 Å². The van der Waals surface area contributed by atoms with Gasteiger partial charge in [0.05, 0.1) is 0 Å². The van der Waals surface area contributed by atoms with Gasteiger partial charge in [0.1, 0.15) is 0 Å². The fourth-order valence-electron chi connectivity index (χ4n) is 1.30. The molecular weight excluding hydrogens is 245 g/mol. The normalized spacial score (nSPS) is 9.21. The van der Waals surface area contributed by atoms with Crippen molar-refractivity contribution in [2.75, 3.05) is 0 Å². The van der Waals surface area contributed by atoms with E-state index in [1.165, 1.54) is 0 Å². The van der Waals surface area contributed by atoms with E-state index in [1.54, 1.807) is 0 Å². The fourth-order valence-corrected chi connectivity index (χ4v) is 1.30. The Morgan fingerprint density at radius 2 is 1.71 bits per heavy atom. The van der Waals surface area contributed by atoms with Crippen molar-refractivity contribution in [2.24, 2.45) is 0 Å². The van der Waals surface area contributed by atoms with E-state index in [4.69, 9.17) is 0 Å². The Morgan fingerprint density at radius 3 is 2.36 bits per heavy atom. The van der Waals surface area contributed by atoms with Crippen molar-refractivity contribution >= 4 is 0 Å². The first kappa shape index (κ1) is 11.6. The molecule has 0 N–H and O–H groups in total. The van der Waals surface area contributed by atoms with Crippen LogP contribution in [0.1, 0.15) is 5.56 Å². The molecule has 2 rings (SSSR count). The summed E-state index contributed by atoms with van der Waals surface area (Å²) >= 11 is 0. The zero-order valence-corrected chi connectivity index (χ0v) is 11.0. The smallest absolute Gasteiger partial charge is 0 e. The second kappa shape index (κ2) is 5.43. The quantitative estimate of drug-likeness (QED) is 0.686. The average molecular weight is 255 g/mol. The van der Waals surface area contributed by atoms with Crippen LogP contribution in [0.25, 0.3) is 11.1 Å². The van der Waals surface area contributed by atoms with Gasteiger partial charge in [0.25, 0.3) is 0 Å². The van der Waals surface area contributed by atoms with Crippen LogP contribution in [0.2, 0.25) is 0 Å². The predicted molar refractivity (Wildman–Crippen MR) is 54.3 cm³/mol. The molecule has 0 unspecified atom stereocenters. The van der Waals surface area contributed by atoms with Crippen LogP contribution in [0.5, 0.6) is 0 Å². The molecule has 0 fully saturated rings. The van der Waals surface area contributed by atoms with Gasteiger partial charge >= 0.3 is 0 Å². The van der Waals surface area contributed by atoms with Crippen LogP contribution < -0.4 is 0 Å². The van der Waals surface area contributed by atoms with Crippen molar-refractivity contribution in [1.82, 2.24) is 0 Å². The van der Waals surface area contributed by atoms with E-state index in [0.29, 0.717) is 0 Å². The maximum absolute atomic E-state index is 3.29. The monoisotopic (exact) mass is 255 g/mol. The molecule has 0 atom stereocenters. The zero-order chi connectivity index (χ0) is 9.10. The summed E-state index contributed by atoms with van der Waals surface area (Å²) in [6.07, 6.45) is 0. The number of hydrogen-bond donors (Lipinski definition) is 0. The Balaban J connectivity index is 0.000000980. The molecule has 0 amide bonds. The van der Waals surface area contributed by atoms with Gasteiger partial charge in [-0.15, -0.1) is 17.7 Å². The van der Waals surface area contributed by atoms with Crippen molar-refractivity contribution in [3.63, 3.8) is 0 Å². The molecule has 0 nitrogen and oxygen atoms in total. The van der Waals surface area contributed by atoms with Crippen LogP contribution in [-0.4, -0.2) is 0 Å². The van der Waals surface area contributed by atoms with Gasteiger partial charge in [-0.05, 0) is 0 Å². The molecule has 0 aliphatic heterocycles. The molecule has 1 radical (unpaired) electrons. The molecule has 14 heavy (non-hydrogen) atoms. The molecule has 67 valence electrons. The van der Waals surface area contributed by atoms with E-state index in [0.717, 1.165) is 16.7 Å². The molecule has 0 saturated heterocycles. The van der Waals surface area contributed by atoms with Crippen LogP contribution in [0, 0.1) is 19.1 Å². The first-order valence-corrected chi connectivity index (χ1v) is 4.32. The van der Waals surface area contributed by atoms with E-state index in [-0.39, 0.29) is 32.7 Å². The molecule has 0 aliphatic rings. The zero-order valence-electron chi connectivity index (χ0n) is 8.12. The van der Waals surface area contributed by atoms with Gasteiger partial charge in [-0.3, -0.25) is 0 Å². The number of hydrogen-bond acceptors (Lipinski definition) is 0. The maximum Gasteiger partial charge on any atom is 0 e.